The average Bonchev–Trinajstić information content (AvgIpc) is 3.17. The van der Waals surface area contributed by atoms with Crippen LogP contribution in [0.4, 0.5) is 0 Å². The molecular formula is C22H25NO4. The van der Waals surface area contributed by atoms with E-state index < -0.39 is 5.97 Å². The van der Waals surface area contributed by atoms with E-state index in [1.165, 1.54) is 17.5 Å². The minimum Gasteiger partial charge on any atom is -0.482 e. The summed E-state index contributed by atoms with van der Waals surface area (Å²) in [5.41, 5.74) is 3.79. The lowest BCUT2D eigenvalue weighted by Crippen LogP contribution is -2.32. The number of amides is 1. The summed E-state index contributed by atoms with van der Waals surface area (Å²) in [6, 6.07) is 15.8. The molecule has 0 unspecified atom stereocenters. The zero-order valence-electron chi connectivity index (χ0n) is 15.6. The van der Waals surface area contributed by atoms with Crippen LogP contribution in [0.5, 0.6) is 5.75 Å². The number of esters is 1. The quantitative estimate of drug-likeness (QED) is 0.729. The fourth-order valence-corrected chi connectivity index (χ4v) is 3.19. The Bertz CT molecular complexity index is 788. The summed E-state index contributed by atoms with van der Waals surface area (Å²) in [6.07, 6.45) is 3.33. The Balaban J connectivity index is 1.34. The van der Waals surface area contributed by atoms with Crippen LogP contribution in [0.25, 0.3) is 0 Å². The van der Waals surface area contributed by atoms with Gasteiger partial charge in [0.2, 0.25) is 0 Å². The van der Waals surface area contributed by atoms with Crippen molar-refractivity contribution in [2.45, 2.75) is 32.1 Å². The summed E-state index contributed by atoms with van der Waals surface area (Å²) in [7, 11) is 0. The molecule has 0 bridgehead atoms. The van der Waals surface area contributed by atoms with Gasteiger partial charge in [-0.2, -0.15) is 0 Å². The average molecular weight is 367 g/mol. The predicted octanol–water partition coefficient (Wildman–Crippen LogP) is 3.02. The third-order valence-corrected chi connectivity index (χ3v) is 4.76. The molecule has 0 saturated carbocycles. The molecule has 2 aromatic carbocycles. The van der Waals surface area contributed by atoms with Crippen molar-refractivity contribution in [2.24, 2.45) is 0 Å². The van der Waals surface area contributed by atoms with Crippen molar-refractivity contribution in [2.75, 3.05) is 19.8 Å². The second-order valence-electron chi connectivity index (χ2n) is 6.85. The third-order valence-electron chi connectivity index (χ3n) is 4.76. The standard InChI is InChI=1S/C22H25NO4/c1-16(17-6-3-2-4-7-17)13-23-21(24)14-27-22(25)15-26-20-11-10-18-8-5-9-19(18)12-20/h2-4,6-7,10-12,16H,5,8-9,13-15H2,1H3,(H,23,24)/t16-/m1/s1. The van der Waals surface area contributed by atoms with Gasteiger partial charge >= 0.3 is 5.97 Å². The highest BCUT2D eigenvalue weighted by Gasteiger charge is 2.13. The number of carbonyl (C=O) groups is 2. The summed E-state index contributed by atoms with van der Waals surface area (Å²) < 4.78 is 10.5. The Labute approximate surface area is 159 Å². The largest absolute Gasteiger partial charge is 0.482 e. The zero-order valence-corrected chi connectivity index (χ0v) is 15.6. The van der Waals surface area contributed by atoms with Crippen LogP contribution in [0.3, 0.4) is 0 Å². The van der Waals surface area contributed by atoms with E-state index in [9.17, 15) is 9.59 Å². The van der Waals surface area contributed by atoms with Crippen molar-refractivity contribution in [3.05, 3.63) is 65.2 Å². The van der Waals surface area contributed by atoms with Gasteiger partial charge in [-0.15, -0.1) is 0 Å². The van der Waals surface area contributed by atoms with E-state index in [2.05, 4.69) is 5.32 Å². The highest BCUT2D eigenvalue weighted by atomic mass is 16.6. The molecule has 1 amide bonds. The van der Waals surface area contributed by atoms with E-state index >= 15 is 0 Å². The number of ether oxygens (including phenoxy) is 2. The minimum atomic E-state index is -0.554. The monoisotopic (exact) mass is 367 g/mol. The molecule has 3 rings (SSSR count). The van der Waals surface area contributed by atoms with E-state index in [0.29, 0.717) is 12.3 Å². The number of benzene rings is 2. The first kappa shape index (κ1) is 19.0. The molecule has 142 valence electrons. The van der Waals surface area contributed by atoms with E-state index in [4.69, 9.17) is 9.47 Å². The maximum absolute atomic E-state index is 11.9. The highest BCUT2D eigenvalue weighted by Crippen LogP contribution is 2.25. The van der Waals surface area contributed by atoms with Crippen molar-refractivity contribution < 1.29 is 19.1 Å². The molecule has 1 aliphatic rings. The van der Waals surface area contributed by atoms with Crippen LogP contribution < -0.4 is 10.1 Å². The van der Waals surface area contributed by atoms with Gasteiger partial charge in [-0.1, -0.05) is 43.3 Å². The zero-order chi connectivity index (χ0) is 19.1. The van der Waals surface area contributed by atoms with Gasteiger partial charge in [0.1, 0.15) is 5.75 Å². The Morgan fingerprint density at radius 1 is 1.04 bits per heavy atom. The lowest BCUT2D eigenvalue weighted by atomic mass is 10.0. The van der Waals surface area contributed by atoms with Crippen molar-refractivity contribution >= 4 is 11.9 Å². The molecule has 0 aliphatic heterocycles. The summed E-state index contributed by atoms with van der Waals surface area (Å²) in [5, 5.41) is 2.78. The molecule has 1 N–H and O–H groups in total. The summed E-state index contributed by atoms with van der Waals surface area (Å²) in [6.45, 7) is 2.03. The molecule has 1 aliphatic carbocycles. The number of hydrogen-bond acceptors (Lipinski definition) is 4. The Hall–Kier alpha value is -2.82. The molecule has 0 fully saturated rings. The van der Waals surface area contributed by atoms with E-state index in [-0.39, 0.29) is 25.0 Å². The van der Waals surface area contributed by atoms with Crippen LogP contribution >= 0.6 is 0 Å². The van der Waals surface area contributed by atoms with E-state index in [1.54, 1.807) is 0 Å². The number of rotatable bonds is 8. The first-order chi connectivity index (χ1) is 13.1. The van der Waals surface area contributed by atoms with E-state index in [1.807, 2.05) is 55.5 Å². The van der Waals surface area contributed by atoms with Crippen molar-refractivity contribution in [3.63, 3.8) is 0 Å². The van der Waals surface area contributed by atoms with Gasteiger partial charge in [0.05, 0.1) is 0 Å². The fraction of sp³-hybridized carbons (Fsp3) is 0.364. The van der Waals surface area contributed by atoms with Crippen LogP contribution in [0.1, 0.15) is 36.0 Å². The molecule has 5 heteroatoms. The molecule has 1 atom stereocenters. The molecule has 5 nitrogen and oxygen atoms in total. The minimum absolute atomic E-state index is 0.189. The second-order valence-corrected chi connectivity index (χ2v) is 6.85. The second kappa shape index (κ2) is 9.21. The molecule has 0 saturated heterocycles. The predicted molar refractivity (Wildman–Crippen MR) is 103 cm³/mol. The topological polar surface area (TPSA) is 64.6 Å². The Morgan fingerprint density at radius 2 is 1.81 bits per heavy atom. The summed E-state index contributed by atoms with van der Waals surface area (Å²) in [4.78, 5) is 23.6. The molecule has 0 heterocycles. The van der Waals surface area contributed by atoms with Gasteiger partial charge in [0.25, 0.3) is 5.91 Å². The van der Waals surface area contributed by atoms with E-state index in [0.717, 1.165) is 18.4 Å². The first-order valence-electron chi connectivity index (χ1n) is 9.33. The van der Waals surface area contributed by atoms with Crippen molar-refractivity contribution in [1.29, 1.82) is 0 Å². The SMILES string of the molecule is C[C@H](CNC(=O)COC(=O)COc1ccc2c(c1)CCC2)c1ccccc1. The molecule has 0 aromatic heterocycles. The maximum Gasteiger partial charge on any atom is 0.344 e. The normalized spacial score (nSPS) is 13.5. The Morgan fingerprint density at radius 3 is 2.63 bits per heavy atom. The molecule has 2 aromatic rings. The van der Waals surface area contributed by atoms with Crippen molar-refractivity contribution in [3.8, 4) is 5.75 Å². The Kier molecular flexibility index (Phi) is 6.47. The molecule has 27 heavy (non-hydrogen) atoms. The number of carbonyl (C=O) groups excluding carboxylic acids is 2. The van der Waals surface area contributed by atoms with Crippen molar-refractivity contribution in [1.82, 2.24) is 5.32 Å². The lowest BCUT2D eigenvalue weighted by molar-refractivity contribution is -0.150. The molecule has 0 radical (unpaired) electrons. The summed E-state index contributed by atoms with van der Waals surface area (Å²) >= 11 is 0. The van der Waals surface area contributed by atoms with Gasteiger partial charge < -0.3 is 14.8 Å². The fourth-order valence-electron chi connectivity index (χ4n) is 3.19. The lowest BCUT2D eigenvalue weighted by Gasteiger charge is -2.13. The van der Waals surface area contributed by atoms with Crippen LogP contribution in [-0.2, 0) is 27.2 Å². The van der Waals surface area contributed by atoms with Crippen LogP contribution in [-0.4, -0.2) is 31.6 Å². The van der Waals surface area contributed by atoms with Gasteiger partial charge in [0.15, 0.2) is 13.2 Å². The number of fused-ring (bicyclic) bond motifs is 1. The maximum atomic E-state index is 11.9. The smallest absolute Gasteiger partial charge is 0.344 e. The van der Waals surface area contributed by atoms with Gasteiger partial charge in [-0.3, -0.25) is 4.79 Å². The highest BCUT2D eigenvalue weighted by molar-refractivity contribution is 5.80. The number of nitrogens with one attached hydrogen (secondary N) is 1. The summed E-state index contributed by atoms with van der Waals surface area (Å²) in [5.74, 6) is -0.0202. The van der Waals surface area contributed by atoms with Crippen LogP contribution in [0, 0.1) is 0 Å². The third kappa shape index (κ3) is 5.58. The molecular weight excluding hydrogens is 342 g/mol. The molecule has 0 spiro atoms. The first-order valence-corrected chi connectivity index (χ1v) is 9.33. The van der Waals surface area contributed by atoms with Crippen LogP contribution in [0.15, 0.2) is 48.5 Å². The number of hydrogen-bond donors (Lipinski definition) is 1. The van der Waals surface area contributed by atoms with Gasteiger partial charge in [0, 0.05) is 6.54 Å². The number of aryl methyl sites for hydroxylation is 2. The van der Waals surface area contributed by atoms with Gasteiger partial charge in [-0.05, 0) is 54.0 Å². The van der Waals surface area contributed by atoms with Crippen LogP contribution in [0.2, 0.25) is 0 Å². The van der Waals surface area contributed by atoms with Gasteiger partial charge in [-0.25, -0.2) is 4.79 Å².